The SMILES string of the molecule is Cc1ccc(N2C[C@H]3CNC[C@H]3C2)cc1.Cl. The van der Waals surface area contributed by atoms with Gasteiger partial charge < -0.3 is 10.2 Å². The number of halogens is 1. The fourth-order valence-electron chi connectivity index (χ4n) is 2.82. The van der Waals surface area contributed by atoms with Crippen molar-refractivity contribution < 1.29 is 0 Å². The van der Waals surface area contributed by atoms with E-state index >= 15 is 0 Å². The van der Waals surface area contributed by atoms with Crippen molar-refractivity contribution in [2.75, 3.05) is 31.1 Å². The Bertz CT molecular complexity index is 337. The molecular formula is C13H19ClN2. The van der Waals surface area contributed by atoms with Gasteiger partial charge in [0, 0.05) is 31.9 Å². The first kappa shape index (κ1) is 11.7. The van der Waals surface area contributed by atoms with E-state index in [0.717, 1.165) is 11.8 Å². The predicted molar refractivity (Wildman–Crippen MR) is 70.5 cm³/mol. The van der Waals surface area contributed by atoms with E-state index in [2.05, 4.69) is 41.4 Å². The smallest absolute Gasteiger partial charge is 0.0366 e. The van der Waals surface area contributed by atoms with Crippen molar-refractivity contribution in [2.24, 2.45) is 11.8 Å². The molecule has 2 heterocycles. The van der Waals surface area contributed by atoms with Crippen LogP contribution in [0.15, 0.2) is 24.3 Å². The first-order valence-electron chi connectivity index (χ1n) is 5.85. The summed E-state index contributed by atoms with van der Waals surface area (Å²) in [5.74, 6) is 1.76. The molecule has 2 aliphatic rings. The average molecular weight is 239 g/mol. The number of nitrogens with zero attached hydrogens (tertiary/aromatic N) is 1. The molecule has 0 spiro atoms. The van der Waals surface area contributed by atoms with Crippen LogP contribution in [0.25, 0.3) is 0 Å². The number of nitrogens with one attached hydrogen (secondary N) is 1. The molecule has 0 aliphatic carbocycles. The fourth-order valence-corrected chi connectivity index (χ4v) is 2.82. The molecule has 1 N–H and O–H groups in total. The van der Waals surface area contributed by atoms with Gasteiger partial charge in [-0.2, -0.15) is 0 Å². The van der Waals surface area contributed by atoms with E-state index in [-0.39, 0.29) is 12.4 Å². The number of hydrogen-bond acceptors (Lipinski definition) is 2. The van der Waals surface area contributed by atoms with E-state index in [1.165, 1.54) is 37.4 Å². The minimum Gasteiger partial charge on any atom is -0.371 e. The van der Waals surface area contributed by atoms with Crippen LogP contribution in [-0.2, 0) is 0 Å². The van der Waals surface area contributed by atoms with Gasteiger partial charge in [-0.15, -0.1) is 12.4 Å². The van der Waals surface area contributed by atoms with Crippen molar-refractivity contribution in [2.45, 2.75) is 6.92 Å². The van der Waals surface area contributed by atoms with Crippen LogP contribution in [0.3, 0.4) is 0 Å². The summed E-state index contributed by atoms with van der Waals surface area (Å²) < 4.78 is 0. The fraction of sp³-hybridized carbons (Fsp3) is 0.538. The molecule has 0 unspecified atom stereocenters. The molecule has 1 aromatic carbocycles. The van der Waals surface area contributed by atoms with E-state index in [1.54, 1.807) is 0 Å². The summed E-state index contributed by atoms with van der Waals surface area (Å²) in [7, 11) is 0. The van der Waals surface area contributed by atoms with Gasteiger partial charge in [-0.25, -0.2) is 0 Å². The summed E-state index contributed by atoms with van der Waals surface area (Å²) >= 11 is 0. The van der Waals surface area contributed by atoms with Gasteiger partial charge in [-0.3, -0.25) is 0 Å². The second kappa shape index (κ2) is 4.64. The molecule has 1 aromatic rings. The molecule has 3 heteroatoms. The maximum Gasteiger partial charge on any atom is 0.0366 e. The Morgan fingerprint density at radius 2 is 1.62 bits per heavy atom. The number of rotatable bonds is 1. The van der Waals surface area contributed by atoms with Crippen molar-refractivity contribution in [3.8, 4) is 0 Å². The van der Waals surface area contributed by atoms with Crippen molar-refractivity contribution in [1.82, 2.24) is 5.32 Å². The average Bonchev–Trinajstić information content (AvgIpc) is 2.78. The highest BCUT2D eigenvalue weighted by atomic mass is 35.5. The zero-order valence-corrected chi connectivity index (χ0v) is 10.5. The van der Waals surface area contributed by atoms with Gasteiger partial charge in [0.25, 0.3) is 0 Å². The summed E-state index contributed by atoms with van der Waals surface area (Å²) in [6, 6.07) is 8.93. The maximum atomic E-state index is 3.48. The number of benzene rings is 1. The van der Waals surface area contributed by atoms with Crippen LogP contribution in [0.1, 0.15) is 5.56 Å². The largest absolute Gasteiger partial charge is 0.371 e. The van der Waals surface area contributed by atoms with E-state index in [9.17, 15) is 0 Å². The van der Waals surface area contributed by atoms with Crippen molar-refractivity contribution in [3.63, 3.8) is 0 Å². The monoisotopic (exact) mass is 238 g/mol. The van der Waals surface area contributed by atoms with E-state index in [4.69, 9.17) is 0 Å². The van der Waals surface area contributed by atoms with Crippen LogP contribution in [0.4, 0.5) is 5.69 Å². The normalized spacial score (nSPS) is 27.7. The van der Waals surface area contributed by atoms with Gasteiger partial charge in [-0.1, -0.05) is 17.7 Å². The summed E-state index contributed by atoms with van der Waals surface area (Å²) in [6.45, 7) is 7.05. The third-order valence-corrected chi connectivity index (χ3v) is 3.79. The molecule has 2 saturated heterocycles. The van der Waals surface area contributed by atoms with E-state index in [0.29, 0.717) is 0 Å². The Kier molecular flexibility index (Phi) is 3.41. The molecule has 2 atom stereocenters. The lowest BCUT2D eigenvalue weighted by molar-refractivity contribution is 0.533. The Morgan fingerprint density at radius 1 is 1.06 bits per heavy atom. The number of fused-ring (bicyclic) bond motifs is 1. The zero-order valence-electron chi connectivity index (χ0n) is 9.65. The molecule has 16 heavy (non-hydrogen) atoms. The lowest BCUT2D eigenvalue weighted by atomic mass is 10.0. The van der Waals surface area contributed by atoms with Gasteiger partial charge in [0.15, 0.2) is 0 Å². The number of anilines is 1. The van der Waals surface area contributed by atoms with Crippen LogP contribution in [0, 0.1) is 18.8 Å². The first-order chi connectivity index (χ1) is 7.33. The zero-order chi connectivity index (χ0) is 10.3. The molecule has 0 bridgehead atoms. The molecule has 88 valence electrons. The standard InChI is InChI=1S/C13H18N2.ClH/c1-10-2-4-13(5-3-10)15-8-11-6-14-7-12(11)9-15;/h2-5,11-12,14H,6-9H2,1H3;1H/t11-,12+;. The van der Waals surface area contributed by atoms with Gasteiger partial charge in [0.2, 0.25) is 0 Å². The van der Waals surface area contributed by atoms with Crippen LogP contribution in [0.2, 0.25) is 0 Å². The Hall–Kier alpha value is -0.730. The third kappa shape index (κ3) is 2.04. The van der Waals surface area contributed by atoms with Crippen molar-refractivity contribution in [3.05, 3.63) is 29.8 Å². The molecule has 0 radical (unpaired) electrons. The van der Waals surface area contributed by atoms with Crippen LogP contribution >= 0.6 is 12.4 Å². The van der Waals surface area contributed by atoms with Crippen LogP contribution in [0.5, 0.6) is 0 Å². The number of aryl methyl sites for hydroxylation is 1. The third-order valence-electron chi connectivity index (χ3n) is 3.79. The minimum absolute atomic E-state index is 0. The summed E-state index contributed by atoms with van der Waals surface area (Å²) in [6.07, 6.45) is 0. The van der Waals surface area contributed by atoms with Gasteiger partial charge in [-0.05, 0) is 30.9 Å². The highest BCUT2D eigenvalue weighted by Gasteiger charge is 2.35. The lowest BCUT2D eigenvalue weighted by Crippen LogP contribution is -2.25. The highest BCUT2D eigenvalue weighted by Crippen LogP contribution is 2.30. The quantitative estimate of drug-likeness (QED) is 0.806. The molecule has 0 aromatic heterocycles. The van der Waals surface area contributed by atoms with Gasteiger partial charge >= 0.3 is 0 Å². The molecule has 2 nitrogen and oxygen atoms in total. The van der Waals surface area contributed by atoms with E-state index < -0.39 is 0 Å². The Morgan fingerprint density at radius 3 is 2.19 bits per heavy atom. The second-order valence-electron chi connectivity index (χ2n) is 4.92. The Labute approximate surface area is 103 Å². The van der Waals surface area contributed by atoms with Gasteiger partial charge in [0.1, 0.15) is 0 Å². The molecule has 0 amide bonds. The molecular weight excluding hydrogens is 220 g/mol. The first-order valence-corrected chi connectivity index (χ1v) is 5.85. The molecule has 0 saturated carbocycles. The summed E-state index contributed by atoms with van der Waals surface area (Å²) in [4.78, 5) is 2.54. The van der Waals surface area contributed by atoms with Crippen LogP contribution < -0.4 is 10.2 Å². The highest BCUT2D eigenvalue weighted by molar-refractivity contribution is 5.85. The second-order valence-corrected chi connectivity index (χ2v) is 4.92. The predicted octanol–water partition coefficient (Wildman–Crippen LogP) is 2.07. The van der Waals surface area contributed by atoms with Crippen LogP contribution in [-0.4, -0.2) is 26.2 Å². The minimum atomic E-state index is 0. The van der Waals surface area contributed by atoms with E-state index in [1.807, 2.05) is 0 Å². The molecule has 3 rings (SSSR count). The topological polar surface area (TPSA) is 15.3 Å². The summed E-state index contributed by atoms with van der Waals surface area (Å²) in [5.41, 5.74) is 2.75. The van der Waals surface area contributed by atoms with Crippen molar-refractivity contribution in [1.29, 1.82) is 0 Å². The lowest BCUT2D eigenvalue weighted by Gasteiger charge is -2.19. The molecule has 2 aliphatic heterocycles. The van der Waals surface area contributed by atoms with Crippen molar-refractivity contribution >= 4 is 18.1 Å². The molecule has 2 fully saturated rings. The number of hydrogen-bond donors (Lipinski definition) is 1. The Balaban J connectivity index is 0.000000963. The van der Waals surface area contributed by atoms with Gasteiger partial charge in [0.05, 0.1) is 0 Å². The maximum absolute atomic E-state index is 3.48. The summed E-state index contributed by atoms with van der Waals surface area (Å²) in [5, 5.41) is 3.48.